The lowest BCUT2D eigenvalue weighted by Crippen LogP contribution is -2.45. The summed E-state index contributed by atoms with van der Waals surface area (Å²) in [4.78, 5) is 30.3. The van der Waals surface area contributed by atoms with Crippen LogP contribution in [0.25, 0.3) is 0 Å². The zero-order chi connectivity index (χ0) is 20.4. The molecule has 2 aromatic rings. The fourth-order valence-electron chi connectivity index (χ4n) is 4.22. The Morgan fingerprint density at radius 3 is 2.69 bits per heavy atom. The fourth-order valence-corrected chi connectivity index (χ4v) is 4.34. The minimum Gasteiger partial charge on any atom is -0.465 e. The normalized spacial score (nSPS) is 21.9. The summed E-state index contributed by atoms with van der Waals surface area (Å²) < 4.78 is 6.81. The number of nitrogens with zero attached hydrogens (tertiary/aromatic N) is 2. The molecule has 7 nitrogen and oxygen atoms in total. The number of anilines is 1. The highest BCUT2D eigenvalue weighted by molar-refractivity contribution is 6.30. The number of halogens is 1. The third-order valence-electron chi connectivity index (χ3n) is 5.63. The fraction of sp³-hybridized carbons (Fsp3) is 0.476. The average Bonchev–Trinajstić information content (AvgIpc) is 3.13. The van der Waals surface area contributed by atoms with E-state index in [2.05, 4.69) is 15.6 Å². The number of carbonyl (C=O) groups excluding carboxylic acids is 2. The summed E-state index contributed by atoms with van der Waals surface area (Å²) in [5.41, 5.74) is 1.32. The van der Waals surface area contributed by atoms with E-state index in [4.69, 9.17) is 16.3 Å². The molecular weight excluding hydrogens is 392 g/mol. The van der Waals surface area contributed by atoms with Crippen molar-refractivity contribution < 1.29 is 14.3 Å². The topological polar surface area (TPSA) is 85.2 Å². The van der Waals surface area contributed by atoms with Crippen molar-refractivity contribution in [1.82, 2.24) is 14.9 Å². The second kappa shape index (κ2) is 8.45. The van der Waals surface area contributed by atoms with E-state index >= 15 is 0 Å². The number of hydrogen-bond acceptors (Lipinski definition) is 5. The molecule has 8 heteroatoms. The Morgan fingerprint density at radius 1 is 1.28 bits per heavy atom. The van der Waals surface area contributed by atoms with Crippen molar-refractivity contribution in [3.05, 3.63) is 46.7 Å². The quantitative estimate of drug-likeness (QED) is 0.712. The molecule has 1 aliphatic heterocycles. The molecule has 1 aromatic heterocycles. The number of hydrogen-bond donors (Lipinski definition) is 2. The van der Waals surface area contributed by atoms with Crippen LogP contribution < -0.4 is 10.6 Å². The summed E-state index contributed by atoms with van der Waals surface area (Å²) in [6.45, 7) is 2.03. The number of nitrogens with one attached hydrogen (secondary N) is 2. The summed E-state index contributed by atoms with van der Waals surface area (Å²) in [7, 11) is 0. The van der Waals surface area contributed by atoms with Crippen molar-refractivity contribution in [1.29, 1.82) is 0 Å². The third kappa shape index (κ3) is 3.96. The van der Waals surface area contributed by atoms with Crippen molar-refractivity contribution in [2.45, 2.75) is 57.0 Å². The van der Waals surface area contributed by atoms with E-state index < -0.39 is 17.9 Å². The number of amides is 1. The molecule has 0 bridgehead atoms. The molecule has 29 heavy (non-hydrogen) atoms. The van der Waals surface area contributed by atoms with Crippen LogP contribution in [0.5, 0.6) is 0 Å². The van der Waals surface area contributed by atoms with Crippen molar-refractivity contribution in [2.24, 2.45) is 0 Å². The molecular formula is C21H25ClN4O3. The molecule has 2 N–H and O–H groups in total. The first-order valence-corrected chi connectivity index (χ1v) is 10.5. The second-order valence-electron chi connectivity index (χ2n) is 7.53. The maximum Gasteiger partial charge on any atom is 0.329 e. The van der Waals surface area contributed by atoms with Crippen LogP contribution in [0.1, 0.15) is 62.2 Å². The second-order valence-corrected chi connectivity index (χ2v) is 7.97. The van der Waals surface area contributed by atoms with Crippen LogP contribution in [0.3, 0.4) is 0 Å². The Balaban J connectivity index is 1.69. The minimum atomic E-state index is -0.691. The Morgan fingerprint density at radius 2 is 2.00 bits per heavy atom. The highest BCUT2D eigenvalue weighted by Crippen LogP contribution is 2.37. The molecule has 0 radical (unpaired) electrons. The van der Waals surface area contributed by atoms with E-state index in [9.17, 15) is 9.59 Å². The van der Waals surface area contributed by atoms with Crippen LogP contribution in [-0.4, -0.2) is 34.2 Å². The molecule has 1 amide bonds. The number of carbonyl (C=O) groups is 2. The average molecular weight is 417 g/mol. The zero-order valence-electron chi connectivity index (χ0n) is 16.4. The zero-order valence-corrected chi connectivity index (χ0v) is 17.1. The van der Waals surface area contributed by atoms with E-state index in [0.29, 0.717) is 16.7 Å². The first-order chi connectivity index (χ1) is 14.1. The molecule has 2 aliphatic rings. The number of fused-ring (bicyclic) bond motifs is 1. The summed E-state index contributed by atoms with van der Waals surface area (Å²) in [5, 5.41) is 6.95. The SMILES string of the molecule is CCOC(=O)C1c2cnc(NC3CCCCC3)n2C(=O)NC1c1ccc(Cl)cc1. The number of ether oxygens (including phenoxy) is 1. The largest absolute Gasteiger partial charge is 0.465 e. The summed E-state index contributed by atoms with van der Waals surface area (Å²) >= 11 is 6.00. The molecule has 2 atom stereocenters. The van der Waals surface area contributed by atoms with Crippen molar-refractivity contribution >= 4 is 29.5 Å². The lowest BCUT2D eigenvalue weighted by Gasteiger charge is -2.33. The number of esters is 1. The van der Waals surface area contributed by atoms with Crippen molar-refractivity contribution in [2.75, 3.05) is 11.9 Å². The maximum atomic E-state index is 13.0. The van der Waals surface area contributed by atoms with Crippen molar-refractivity contribution in [3.8, 4) is 0 Å². The summed E-state index contributed by atoms with van der Waals surface area (Å²) in [6.07, 6.45) is 7.29. The molecule has 1 aromatic carbocycles. The number of imidazole rings is 1. The van der Waals surface area contributed by atoms with E-state index in [1.165, 1.54) is 23.8 Å². The number of benzene rings is 1. The summed E-state index contributed by atoms with van der Waals surface area (Å²) in [5.74, 6) is -0.602. The van der Waals surface area contributed by atoms with Gasteiger partial charge in [-0.2, -0.15) is 0 Å². The van der Waals surface area contributed by atoms with Crippen LogP contribution in [0.15, 0.2) is 30.5 Å². The third-order valence-corrected chi connectivity index (χ3v) is 5.88. The maximum absolute atomic E-state index is 13.0. The van der Waals surface area contributed by atoms with Crippen LogP contribution in [0.4, 0.5) is 10.7 Å². The van der Waals surface area contributed by atoms with Crippen LogP contribution in [-0.2, 0) is 9.53 Å². The molecule has 2 unspecified atom stereocenters. The molecule has 4 rings (SSSR count). The Kier molecular flexibility index (Phi) is 5.76. The smallest absolute Gasteiger partial charge is 0.329 e. The van der Waals surface area contributed by atoms with Gasteiger partial charge in [0, 0.05) is 11.1 Å². The monoisotopic (exact) mass is 416 g/mol. The number of aromatic nitrogens is 2. The molecule has 0 spiro atoms. The standard InChI is InChI=1S/C21H25ClN4O3/c1-2-29-19(27)17-16-12-23-20(24-15-6-4-3-5-7-15)26(16)21(28)25-18(17)13-8-10-14(22)11-9-13/h8-12,15,17-18H,2-7H2,1H3,(H,23,24)(H,25,28). The van der Waals surface area contributed by atoms with Gasteiger partial charge in [0.05, 0.1) is 24.5 Å². The van der Waals surface area contributed by atoms with E-state index in [1.807, 2.05) is 12.1 Å². The highest BCUT2D eigenvalue weighted by atomic mass is 35.5. The van der Waals surface area contributed by atoms with Crippen LogP contribution in [0.2, 0.25) is 5.02 Å². The Labute approximate surface area is 174 Å². The first-order valence-electron chi connectivity index (χ1n) is 10.2. The van der Waals surface area contributed by atoms with Gasteiger partial charge in [-0.15, -0.1) is 0 Å². The van der Waals surface area contributed by atoms with Crippen molar-refractivity contribution in [3.63, 3.8) is 0 Å². The van der Waals surface area contributed by atoms with Crippen LogP contribution >= 0.6 is 11.6 Å². The van der Waals surface area contributed by atoms with Gasteiger partial charge in [-0.1, -0.05) is 43.0 Å². The van der Waals surface area contributed by atoms with E-state index in [-0.39, 0.29) is 18.7 Å². The van der Waals surface area contributed by atoms with Gasteiger partial charge in [0.15, 0.2) is 0 Å². The molecule has 1 aliphatic carbocycles. The molecule has 1 saturated carbocycles. The highest BCUT2D eigenvalue weighted by Gasteiger charge is 2.42. The van der Waals surface area contributed by atoms with Gasteiger partial charge in [-0.05, 0) is 37.5 Å². The summed E-state index contributed by atoms with van der Waals surface area (Å²) in [6, 6.07) is 6.54. The lowest BCUT2D eigenvalue weighted by molar-refractivity contribution is -0.146. The van der Waals surface area contributed by atoms with Gasteiger partial charge in [0.2, 0.25) is 5.95 Å². The Hall–Kier alpha value is -2.54. The van der Waals surface area contributed by atoms with Gasteiger partial charge >= 0.3 is 12.0 Å². The number of rotatable bonds is 5. The first kappa shape index (κ1) is 19.8. The van der Waals surface area contributed by atoms with E-state index in [1.54, 1.807) is 25.3 Å². The van der Waals surface area contributed by atoms with Gasteiger partial charge in [-0.25, -0.2) is 14.3 Å². The minimum absolute atomic E-state index is 0.262. The Bertz CT molecular complexity index is 890. The van der Waals surface area contributed by atoms with Crippen LogP contribution in [0, 0.1) is 0 Å². The van der Waals surface area contributed by atoms with E-state index in [0.717, 1.165) is 18.4 Å². The van der Waals surface area contributed by atoms with Gasteiger partial charge in [0.25, 0.3) is 0 Å². The molecule has 154 valence electrons. The predicted octanol–water partition coefficient (Wildman–Crippen LogP) is 4.24. The van der Waals surface area contributed by atoms with Gasteiger partial charge in [0.1, 0.15) is 5.92 Å². The van der Waals surface area contributed by atoms with Gasteiger partial charge < -0.3 is 15.4 Å². The predicted molar refractivity (Wildman–Crippen MR) is 110 cm³/mol. The molecule has 1 fully saturated rings. The van der Waals surface area contributed by atoms with Gasteiger partial charge in [-0.3, -0.25) is 4.79 Å². The lowest BCUT2D eigenvalue weighted by atomic mass is 9.89. The molecule has 2 heterocycles. The molecule has 0 saturated heterocycles.